The van der Waals surface area contributed by atoms with Gasteiger partial charge in [-0.25, -0.2) is 4.98 Å². The quantitative estimate of drug-likeness (QED) is 0.678. The van der Waals surface area contributed by atoms with Crippen LogP contribution in [0.25, 0.3) is 11.0 Å². The number of halogens is 1. The monoisotopic (exact) mass is 382 g/mol. The number of fused-ring (bicyclic) bond motifs is 1. The lowest BCUT2D eigenvalue weighted by Crippen LogP contribution is -2.41. The van der Waals surface area contributed by atoms with Gasteiger partial charge in [-0.1, -0.05) is 37.4 Å². The van der Waals surface area contributed by atoms with Gasteiger partial charge in [0.25, 0.3) is 5.91 Å². The normalized spacial score (nSPS) is 19.9. The third-order valence-corrected chi connectivity index (χ3v) is 5.67. The summed E-state index contributed by atoms with van der Waals surface area (Å²) < 4.78 is 2.05. The average molecular weight is 383 g/mol. The van der Waals surface area contributed by atoms with Crippen LogP contribution in [0.4, 0.5) is 0 Å². The maximum absolute atomic E-state index is 13.0. The first kappa shape index (κ1) is 18.0. The van der Waals surface area contributed by atoms with E-state index < -0.39 is 0 Å². The Labute approximate surface area is 163 Å². The van der Waals surface area contributed by atoms with Gasteiger partial charge in [0.1, 0.15) is 10.7 Å². The fraction of sp³-hybridized carbons (Fsp3) is 0.381. The summed E-state index contributed by atoms with van der Waals surface area (Å²) in [5.41, 5.74) is 3.33. The van der Waals surface area contributed by atoms with Crippen molar-refractivity contribution in [1.29, 1.82) is 0 Å². The van der Waals surface area contributed by atoms with Crippen molar-refractivity contribution in [3.8, 4) is 0 Å². The molecule has 2 atom stereocenters. The molecule has 3 aromatic rings. The summed E-state index contributed by atoms with van der Waals surface area (Å²) in [6, 6.07) is 7.85. The van der Waals surface area contributed by atoms with Gasteiger partial charge in [-0.05, 0) is 42.5 Å². The number of nitrogens with zero attached hydrogens (tertiary/aromatic N) is 3. The van der Waals surface area contributed by atoms with E-state index in [-0.39, 0.29) is 11.9 Å². The van der Waals surface area contributed by atoms with Gasteiger partial charge in [0.05, 0.1) is 11.1 Å². The van der Waals surface area contributed by atoms with Crippen LogP contribution >= 0.6 is 11.6 Å². The lowest BCUT2D eigenvalue weighted by atomic mass is 9.86. The Kier molecular flexibility index (Phi) is 5.12. The lowest BCUT2D eigenvalue weighted by Gasteiger charge is -2.29. The van der Waals surface area contributed by atoms with Crippen molar-refractivity contribution in [2.24, 2.45) is 5.92 Å². The standard InChI is InChI=1S/C21H23ClN4O/c1-14-5-2-3-6-17(14)25-21(27)16-13-26(18-7-4-10-23-20(16)18)12-15-8-9-19(22)24-11-15/h4,7-11,13-14,17H,2-3,5-6,12H2,1H3,(H,25,27)/t14-,17?/m0/s1. The Morgan fingerprint density at radius 2 is 2.11 bits per heavy atom. The maximum atomic E-state index is 13.0. The molecule has 5 nitrogen and oxygen atoms in total. The van der Waals surface area contributed by atoms with Gasteiger partial charge in [-0.2, -0.15) is 0 Å². The lowest BCUT2D eigenvalue weighted by molar-refractivity contribution is 0.0911. The molecule has 6 heteroatoms. The van der Waals surface area contributed by atoms with Crippen LogP contribution in [0.2, 0.25) is 5.15 Å². The summed E-state index contributed by atoms with van der Waals surface area (Å²) in [5, 5.41) is 3.71. The molecule has 1 aliphatic carbocycles. The molecule has 4 rings (SSSR count). The summed E-state index contributed by atoms with van der Waals surface area (Å²) in [4.78, 5) is 21.6. The summed E-state index contributed by atoms with van der Waals surface area (Å²) in [7, 11) is 0. The highest BCUT2D eigenvalue weighted by Crippen LogP contribution is 2.25. The Bertz CT molecular complexity index is 950. The molecule has 1 saturated carbocycles. The van der Waals surface area contributed by atoms with E-state index in [0.29, 0.717) is 23.2 Å². The van der Waals surface area contributed by atoms with Crippen LogP contribution < -0.4 is 5.32 Å². The molecule has 1 unspecified atom stereocenters. The van der Waals surface area contributed by atoms with Crippen LogP contribution in [-0.2, 0) is 6.54 Å². The number of hydrogen-bond acceptors (Lipinski definition) is 3. The molecule has 0 aliphatic heterocycles. The Balaban J connectivity index is 1.63. The smallest absolute Gasteiger partial charge is 0.255 e. The molecule has 3 aromatic heterocycles. The molecule has 1 amide bonds. The zero-order valence-electron chi connectivity index (χ0n) is 15.4. The van der Waals surface area contributed by atoms with E-state index in [1.807, 2.05) is 29.0 Å². The van der Waals surface area contributed by atoms with Gasteiger partial charge >= 0.3 is 0 Å². The Morgan fingerprint density at radius 3 is 2.89 bits per heavy atom. The van der Waals surface area contributed by atoms with Gasteiger partial charge in [0.15, 0.2) is 0 Å². The molecular weight excluding hydrogens is 360 g/mol. The summed E-state index contributed by atoms with van der Waals surface area (Å²) >= 11 is 5.88. The molecule has 0 spiro atoms. The zero-order chi connectivity index (χ0) is 18.8. The van der Waals surface area contributed by atoms with Crippen molar-refractivity contribution in [3.05, 3.63) is 59.1 Å². The largest absolute Gasteiger partial charge is 0.349 e. The Morgan fingerprint density at radius 1 is 1.26 bits per heavy atom. The Hall–Kier alpha value is -2.40. The number of nitrogens with one attached hydrogen (secondary N) is 1. The number of aromatic nitrogens is 3. The number of carbonyl (C=O) groups is 1. The first-order valence-corrected chi connectivity index (χ1v) is 9.85. The van der Waals surface area contributed by atoms with Gasteiger partial charge in [0.2, 0.25) is 0 Å². The molecule has 0 aromatic carbocycles. The van der Waals surface area contributed by atoms with E-state index in [0.717, 1.165) is 23.0 Å². The first-order chi connectivity index (χ1) is 13.1. The minimum Gasteiger partial charge on any atom is -0.349 e. The molecule has 140 valence electrons. The first-order valence-electron chi connectivity index (χ1n) is 9.47. The number of carbonyl (C=O) groups excluding carboxylic acids is 1. The third-order valence-electron chi connectivity index (χ3n) is 5.45. The second-order valence-electron chi connectivity index (χ2n) is 7.37. The molecule has 3 heterocycles. The summed E-state index contributed by atoms with van der Waals surface area (Å²) in [6.07, 6.45) is 10.0. The number of hydrogen-bond donors (Lipinski definition) is 1. The highest BCUT2D eigenvalue weighted by Gasteiger charge is 2.25. The minimum atomic E-state index is -0.0366. The fourth-order valence-corrected chi connectivity index (χ4v) is 4.00. The van der Waals surface area contributed by atoms with Crippen molar-refractivity contribution in [2.45, 2.75) is 45.2 Å². The van der Waals surface area contributed by atoms with Crippen LogP contribution in [-0.4, -0.2) is 26.5 Å². The van der Waals surface area contributed by atoms with Crippen molar-refractivity contribution in [3.63, 3.8) is 0 Å². The van der Waals surface area contributed by atoms with Crippen LogP contribution in [0.3, 0.4) is 0 Å². The topological polar surface area (TPSA) is 59.8 Å². The van der Waals surface area contributed by atoms with Crippen molar-refractivity contribution in [2.75, 3.05) is 0 Å². The van der Waals surface area contributed by atoms with Crippen molar-refractivity contribution < 1.29 is 4.79 Å². The second kappa shape index (κ2) is 7.69. The van der Waals surface area contributed by atoms with E-state index in [2.05, 4.69) is 22.2 Å². The van der Waals surface area contributed by atoms with E-state index in [9.17, 15) is 4.79 Å². The highest BCUT2D eigenvalue weighted by molar-refractivity contribution is 6.29. The van der Waals surface area contributed by atoms with E-state index in [4.69, 9.17) is 11.6 Å². The molecule has 27 heavy (non-hydrogen) atoms. The second-order valence-corrected chi connectivity index (χ2v) is 7.76. The number of rotatable bonds is 4. The van der Waals surface area contributed by atoms with Gasteiger partial charge in [0, 0.05) is 31.2 Å². The molecule has 0 radical (unpaired) electrons. The average Bonchev–Trinajstić information content (AvgIpc) is 3.04. The van der Waals surface area contributed by atoms with E-state index in [1.54, 1.807) is 18.5 Å². The van der Waals surface area contributed by atoms with Gasteiger partial charge in [-0.3, -0.25) is 9.78 Å². The molecule has 1 N–H and O–H groups in total. The highest BCUT2D eigenvalue weighted by atomic mass is 35.5. The predicted molar refractivity (Wildman–Crippen MR) is 107 cm³/mol. The minimum absolute atomic E-state index is 0.0366. The summed E-state index contributed by atoms with van der Waals surface area (Å²) in [6.45, 7) is 2.83. The SMILES string of the molecule is C[C@H]1CCCCC1NC(=O)c1cn(Cc2ccc(Cl)nc2)c2cccnc12. The van der Waals surface area contributed by atoms with Gasteiger partial charge in [-0.15, -0.1) is 0 Å². The van der Waals surface area contributed by atoms with Crippen LogP contribution in [0.15, 0.2) is 42.9 Å². The van der Waals surface area contributed by atoms with Crippen LogP contribution in [0, 0.1) is 5.92 Å². The maximum Gasteiger partial charge on any atom is 0.255 e. The molecule has 0 bridgehead atoms. The molecule has 1 aliphatic rings. The number of amides is 1. The third kappa shape index (κ3) is 3.83. The van der Waals surface area contributed by atoms with Crippen LogP contribution in [0.1, 0.15) is 48.5 Å². The molecule has 0 saturated heterocycles. The molecule has 1 fully saturated rings. The zero-order valence-corrected chi connectivity index (χ0v) is 16.1. The predicted octanol–water partition coefficient (Wildman–Crippen LogP) is 4.44. The fourth-order valence-electron chi connectivity index (χ4n) is 3.89. The van der Waals surface area contributed by atoms with Gasteiger partial charge < -0.3 is 9.88 Å². The molecular formula is C21H23ClN4O. The van der Waals surface area contributed by atoms with Crippen LogP contribution in [0.5, 0.6) is 0 Å². The summed E-state index contributed by atoms with van der Waals surface area (Å²) in [5.74, 6) is 0.481. The number of pyridine rings is 2. The van der Waals surface area contributed by atoms with Crippen molar-refractivity contribution >= 4 is 28.5 Å². The van der Waals surface area contributed by atoms with E-state index >= 15 is 0 Å². The van der Waals surface area contributed by atoms with E-state index in [1.165, 1.54) is 19.3 Å². The van der Waals surface area contributed by atoms with Crippen molar-refractivity contribution in [1.82, 2.24) is 19.9 Å².